The number of rotatable bonds is 0. The van der Waals surface area contributed by atoms with Crippen LogP contribution in [-0.2, 0) is 19.3 Å². The summed E-state index contributed by atoms with van der Waals surface area (Å²) >= 11 is 0. The van der Waals surface area contributed by atoms with E-state index in [9.17, 15) is 0 Å². The topological polar surface area (TPSA) is 0 Å². The van der Waals surface area contributed by atoms with Gasteiger partial charge in [-0.05, 0) is 41.5 Å². The van der Waals surface area contributed by atoms with Crippen LogP contribution in [0.2, 0.25) is 0 Å². The maximum Gasteiger partial charge on any atom is -0.00636 e. The van der Waals surface area contributed by atoms with Gasteiger partial charge in [0.1, 0.15) is 0 Å². The minimum absolute atomic E-state index is 0. The van der Waals surface area contributed by atoms with Crippen molar-refractivity contribution in [1.82, 2.24) is 0 Å². The Morgan fingerprint density at radius 1 is 0.750 bits per heavy atom. The molecule has 4 rings (SSSR count). The molecule has 0 heterocycles. The van der Waals surface area contributed by atoms with Gasteiger partial charge in [-0.3, -0.25) is 0 Å². The molecule has 0 atom stereocenters. The largest absolute Gasteiger partial charge is 0.0992 e. The van der Waals surface area contributed by atoms with E-state index in [1.54, 1.807) is 0 Å². The quantitative estimate of drug-likeness (QED) is 0.570. The van der Waals surface area contributed by atoms with Crippen LogP contribution in [0.25, 0.3) is 6.08 Å². The lowest BCUT2D eigenvalue weighted by atomic mass is 10.1. The Labute approximate surface area is 122 Å². The van der Waals surface area contributed by atoms with E-state index in [-0.39, 0.29) is 7.43 Å². The van der Waals surface area contributed by atoms with Gasteiger partial charge in [-0.25, -0.2) is 0 Å². The lowest BCUT2D eigenvalue weighted by Gasteiger charge is -1.93. The summed E-state index contributed by atoms with van der Waals surface area (Å²) in [5.41, 5.74) is 7.12. The van der Waals surface area contributed by atoms with Crippen molar-refractivity contribution in [2.24, 2.45) is 0 Å². The van der Waals surface area contributed by atoms with Gasteiger partial charge in [0.2, 0.25) is 0 Å². The second-order valence-electron chi connectivity index (χ2n) is 5.18. The fourth-order valence-electron chi connectivity index (χ4n) is 2.70. The summed E-state index contributed by atoms with van der Waals surface area (Å²) in [4.78, 5) is 0. The Balaban J connectivity index is 0.000000141. The molecule has 2 aromatic carbocycles. The van der Waals surface area contributed by atoms with Crippen molar-refractivity contribution >= 4 is 6.08 Å². The van der Waals surface area contributed by atoms with Gasteiger partial charge in [0.15, 0.2) is 0 Å². The lowest BCUT2D eigenvalue weighted by molar-refractivity contribution is 1.19. The van der Waals surface area contributed by atoms with E-state index in [1.807, 2.05) is 0 Å². The summed E-state index contributed by atoms with van der Waals surface area (Å²) in [7, 11) is 0. The standard InChI is InChI=1S/C10H10.C9H8.CH4/c1-8-6-9-4-2-3-5-10(9)7-8;1-2-5-9-7-3-6-8(9)4-1;/h2-5H,1,6-7H2;1-6H,7H2;1H4. The van der Waals surface area contributed by atoms with E-state index < -0.39 is 0 Å². The summed E-state index contributed by atoms with van der Waals surface area (Å²) in [5.74, 6) is 0. The van der Waals surface area contributed by atoms with E-state index in [0.29, 0.717) is 0 Å². The van der Waals surface area contributed by atoms with Crippen molar-refractivity contribution in [2.45, 2.75) is 26.7 Å². The first-order chi connectivity index (χ1) is 9.33. The highest BCUT2D eigenvalue weighted by Gasteiger charge is 2.11. The molecule has 0 spiro atoms. The molecule has 0 saturated carbocycles. The highest BCUT2D eigenvalue weighted by atomic mass is 14.2. The average Bonchev–Trinajstić information content (AvgIpc) is 3.03. The van der Waals surface area contributed by atoms with Crippen LogP contribution in [0.15, 0.2) is 66.8 Å². The zero-order valence-corrected chi connectivity index (χ0v) is 11.1. The maximum absolute atomic E-state index is 3.97. The van der Waals surface area contributed by atoms with Crippen LogP contribution in [0.1, 0.15) is 29.7 Å². The van der Waals surface area contributed by atoms with Crippen LogP contribution < -0.4 is 0 Å². The van der Waals surface area contributed by atoms with E-state index in [4.69, 9.17) is 0 Å². The summed E-state index contributed by atoms with van der Waals surface area (Å²) in [6.45, 7) is 3.97. The summed E-state index contributed by atoms with van der Waals surface area (Å²) in [6.07, 6.45) is 7.68. The van der Waals surface area contributed by atoms with Crippen molar-refractivity contribution in [2.75, 3.05) is 0 Å². The van der Waals surface area contributed by atoms with Crippen LogP contribution >= 0.6 is 0 Å². The van der Waals surface area contributed by atoms with Crippen molar-refractivity contribution in [3.8, 4) is 0 Å². The summed E-state index contributed by atoms with van der Waals surface area (Å²) in [6, 6.07) is 17.1. The number of benzene rings is 2. The van der Waals surface area contributed by atoms with E-state index in [1.165, 1.54) is 27.8 Å². The monoisotopic (exact) mass is 262 g/mol. The first kappa shape index (κ1) is 14.3. The van der Waals surface area contributed by atoms with Gasteiger partial charge >= 0.3 is 0 Å². The predicted octanol–water partition coefficient (Wildman–Crippen LogP) is 5.23. The molecule has 0 saturated heterocycles. The zero-order chi connectivity index (χ0) is 13.1. The molecule has 0 bridgehead atoms. The Morgan fingerprint density at radius 3 is 1.90 bits per heavy atom. The second-order valence-corrected chi connectivity index (χ2v) is 5.18. The minimum atomic E-state index is 0. The van der Waals surface area contributed by atoms with Crippen LogP contribution in [0.5, 0.6) is 0 Å². The SMILES string of the molecule is C.C1=Cc2ccccc2C1.C=C1Cc2ccccc2C1. The first-order valence-corrected chi connectivity index (χ1v) is 6.81. The second kappa shape index (κ2) is 6.38. The van der Waals surface area contributed by atoms with Crippen LogP contribution in [0.4, 0.5) is 0 Å². The number of hydrogen-bond acceptors (Lipinski definition) is 0. The van der Waals surface area contributed by atoms with Gasteiger partial charge in [-0.1, -0.05) is 80.3 Å². The molecule has 0 heteroatoms. The third-order valence-corrected chi connectivity index (χ3v) is 3.69. The van der Waals surface area contributed by atoms with Gasteiger partial charge in [-0.2, -0.15) is 0 Å². The van der Waals surface area contributed by atoms with Gasteiger partial charge in [0.05, 0.1) is 0 Å². The Bertz CT molecular complexity index is 605. The van der Waals surface area contributed by atoms with Gasteiger partial charge in [0.25, 0.3) is 0 Å². The third kappa shape index (κ3) is 3.08. The molecule has 0 aliphatic heterocycles. The normalized spacial score (nSPS) is 13.9. The molecule has 2 aliphatic rings. The summed E-state index contributed by atoms with van der Waals surface area (Å²) < 4.78 is 0. The highest BCUT2D eigenvalue weighted by Crippen LogP contribution is 2.23. The molecule has 0 nitrogen and oxygen atoms in total. The molecule has 20 heavy (non-hydrogen) atoms. The maximum atomic E-state index is 3.97. The van der Waals surface area contributed by atoms with E-state index >= 15 is 0 Å². The molecule has 0 unspecified atom stereocenters. The van der Waals surface area contributed by atoms with Crippen molar-refractivity contribution < 1.29 is 0 Å². The molecular weight excluding hydrogens is 240 g/mol. The Morgan fingerprint density at radius 2 is 1.30 bits per heavy atom. The molecular formula is C20H22. The molecule has 0 aromatic heterocycles. The van der Waals surface area contributed by atoms with Crippen molar-refractivity contribution in [3.05, 3.63) is 89.0 Å². The Hall–Kier alpha value is -2.08. The fourth-order valence-corrected chi connectivity index (χ4v) is 2.70. The summed E-state index contributed by atoms with van der Waals surface area (Å²) in [5, 5.41) is 0. The first-order valence-electron chi connectivity index (χ1n) is 6.81. The van der Waals surface area contributed by atoms with Crippen LogP contribution in [0, 0.1) is 0 Å². The van der Waals surface area contributed by atoms with E-state index in [0.717, 1.165) is 19.3 Å². The smallest absolute Gasteiger partial charge is 0.00636 e. The van der Waals surface area contributed by atoms with E-state index in [2.05, 4.69) is 67.3 Å². The van der Waals surface area contributed by atoms with Crippen molar-refractivity contribution in [3.63, 3.8) is 0 Å². The van der Waals surface area contributed by atoms with Gasteiger partial charge in [0, 0.05) is 0 Å². The third-order valence-electron chi connectivity index (χ3n) is 3.69. The number of fused-ring (bicyclic) bond motifs is 2. The molecule has 2 aliphatic carbocycles. The fraction of sp³-hybridized carbons (Fsp3) is 0.200. The van der Waals surface area contributed by atoms with Gasteiger partial charge in [-0.15, -0.1) is 0 Å². The Kier molecular flexibility index (Phi) is 4.57. The van der Waals surface area contributed by atoms with Gasteiger partial charge < -0.3 is 0 Å². The number of hydrogen-bond donors (Lipinski definition) is 0. The predicted molar refractivity (Wildman–Crippen MR) is 88.9 cm³/mol. The molecule has 0 radical (unpaired) electrons. The minimum Gasteiger partial charge on any atom is -0.0992 e. The zero-order valence-electron chi connectivity index (χ0n) is 11.1. The lowest BCUT2D eigenvalue weighted by Crippen LogP contribution is -1.77. The average molecular weight is 262 g/mol. The highest BCUT2D eigenvalue weighted by molar-refractivity contribution is 5.59. The molecule has 0 N–H and O–H groups in total. The number of allylic oxidation sites excluding steroid dienone is 2. The van der Waals surface area contributed by atoms with Crippen LogP contribution in [-0.4, -0.2) is 0 Å². The molecule has 0 fully saturated rings. The van der Waals surface area contributed by atoms with Crippen LogP contribution in [0.3, 0.4) is 0 Å². The molecule has 0 amide bonds. The van der Waals surface area contributed by atoms with Crippen molar-refractivity contribution in [1.29, 1.82) is 0 Å². The molecule has 2 aromatic rings. The molecule has 102 valence electrons.